The van der Waals surface area contributed by atoms with Gasteiger partial charge in [0, 0.05) is 19.5 Å². The molecular weight excluding hydrogens is 198 g/mol. The van der Waals surface area contributed by atoms with E-state index in [0.717, 1.165) is 25.9 Å². The Morgan fingerprint density at radius 1 is 1.00 bits per heavy atom. The van der Waals surface area contributed by atoms with Crippen LogP contribution in [-0.4, -0.2) is 23.9 Å². The van der Waals surface area contributed by atoms with Crippen molar-refractivity contribution in [3.63, 3.8) is 0 Å². The Morgan fingerprint density at radius 2 is 1.50 bits per heavy atom. The number of hydrogen-bond donors (Lipinski definition) is 0. The molecule has 0 bridgehead atoms. The van der Waals surface area contributed by atoms with Crippen molar-refractivity contribution in [2.45, 2.75) is 60.3 Å². The van der Waals surface area contributed by atoms with Gasteiger partial charge in [-0.3, -0.25) is 4.79 Å². The molecule has 96 valence electrons. The minimum absolute atomic E-state index is 0.343. The molecule has 0 spiro atoms. The second-order valence-corrected chi connectivity index (χ2v) is 5.54. The molecule has 0 atom stereocenters. The molecule has 0 rings (SSSR count). The molecule has 0 aromatic carbocycles. The third-order valence-electron chi connectivity index (χ3n) is 2.52. The second kappa shape index (κ2) is 8.60. The van der Waals surface area contributed by atoms with Crippen molar-refractivity contribution >= 4 is 5.91 Å². The third-order valence-corrected chi connectivity index (χ3v) is 2.52. The molecule has 0 N–H and O–H groups in total. The summed E-state index contributed by atoms with van der Waals surface area (Å²) in [7, 11) is 0. The van der Waals surface area contributed by atoms with E-state index in [0.29, 0.717) is 17.7 Å². The molecule has 0 aliphatic carbocycles. The highest BCUT2D eigenvalue weighted by atomic mass is 16.2. The van der Waals surface area contributed by atoms with Gasteiger partial charge in [0.25, 0.3) is 0 Å². The highest BCUT2D eigenvalue weighted by molar-refractivity contribution is 5.76. The molecule has 0 saturated heterocycles. The minimum Gasteiger partial charge on any atom is -0.342 e. The Kier molecular flexibility index (Phi) is 8.32. The summed E-state index contributed by atoms with van der Waals surface area (Å²) in [6.45, 7) is 12.7. The number of nitrogens with zero attached hydrogens (tertiary/aromatic N) is 1. The van der Waals surface area contributed by atoms with Crippen molar-refractivity contribution in [3.8, 4) is 0 Å². The fourth-order valence-electron chi connectivity index (χ4n) is 1.84. The van der Waals surface area contributed by atoms with Gasteiger partial charge in [-0.1, -0.05) is 47.5 Å². The first-order valence-electron chi connectivity index (χ1n) is 6.75. The quantitative estimate of drug-likeness (QED) is 0.579. The Balaban J connectivity index is 4.10. The van der Waals surface area contributed by atoms with Crippen LogP contribution in [0.4, 0.5) is 0 Å². The topological polar surface area (TPSA) is 20.3 Å². The molecule has 2 heteroatoms. The number of carbonyl (C=O) groups is 1. The summed E-state index contributed by atoms with van der Waals surface area (Å²) >= 11 is 0. The Bertz CT molecular complexity index is 177. The zero-order valence-corrected chi connectivity index (χ0v) is 11.8. The summed E-state index contributed by atoms with van der Waals surface area (Å²) < 4.78 is 0. The van der Waals surface area contributed by atoms with Gasteiger partial charge in [-0.15, -0.1) is 0 Å². The first kappa shape index (κ1) is 15.5. The summed E-state index contributed by atoms with van der Waals surface area (Å²) in [5, 5.41) is 0. The molecule has 2 nitrogen and oxygen atoms in total. The smallest absolute Gasteiger partial charge is 0.222 e. The van der Waals surface area contributed by atoms with E-state index in [-0.39, 0.29) is 0 Å². The van der Waals surface area contributed by atoms with Crippen LogP contribution in [0, 0.1) is 11.8 Å². The van der Waals surface area contributed by atoms with Gasteiger partial charge < -0.3 is 4.90 Å². The van der Waals surface area contributed by atoms with E-state index in [9.17, 15) is 4.79 Å². The first-order chi connectivity index (χ1) is 7.47. The van der Waals surface area contributed by atoms with Crippen molar-refractivity contribution in [2.24, 2.45) is 11.8 Å². The second-order valence-electron chi connectivity index (χ2n) is 5.54. The average Bonchev–Trinajstić information content (AvgIpc) is 2.15. The summed E-state index contributed by atoms with van der Waals surface area (Å²) in [4.78, 5) is 14.1. The zero-order chi connectivity index (χ0) is 12.6. The SMILES string of the molecule is CCCCCC(=O)N(CC(C)C)CC(C)C. The molecule has 0 saturated carbocycles. The summed E-state index contributed by atoms with van der Waals surface area (Å²) in [5.41, 5.74) is 0. The van der Waals surface area contributed by atoms with Gasteiger partial charge in [-0.2, -0.15) is 0 Å². The fourth-order valence-corrected chi connectivity index (χ4v) is 1.84. The van der Waals surface area contributed by atoms with Crippen molar-refractivity contribution in [2.75, 3.05) is 13.1 Å². The van der Waals surface area contributed by atoms with Crippen LogP contribution in [0.25, 0.3) is 0 Å². The molecule has 0 aliphatic heterocycles. The van der Waals surface area contributed by atoms with Gasteiger partial charge in [0.15, 0.2) is 0 Å². The Morgan fingerprint density at radius 3 is 1.88 bits per heavy atom. The molecular formula is C14H29NO. The van der Waals surface area contributed by atoms with E-state index in [1.807, 2.05) is 4.90 Å². The van der Waals surface area contributed by atoms with Gasteiger partial charge in [0.05, 0.1) is 0 Å². The fraction of sp³-hybridized carbons (Fsp3) is 0.929. The van der Waals surface area contributed by atoms with Gasteiger partial charge in [0.2, 0.25) is 5.91 Å². The van der Waals surface area contributed by atoms with Crippen molar-refractivity contribution < 1.29 is 4.79 Å². The predicted molar refractivity (Wildman–Crippen MR) is 70.4 cm³/mol. The number of carbonyl (C=O) groups excluding carboxylic acids is 1. The Hall–Kier alpha value is -0.530. The molecule has 16 heavy (non-hydrogen) atoms. The maximum Gasteiger partial charge on any atom is 0.222 e. The van der Waals surface area contributed by atoms with Gasteiger partial charge in [-0.25, -0.2) is 0 Å². The van der Waals surface area contributed by atoms with Crippen molar-refractivity contribution in [3.05, 3.63) is 0 Å². The van der Waals surface area contributed by atoms with Crippen molar-refractivity contribution in [1.82, 2.24) is 4.90 Å². The van der Waals surface area contributed by atoms with Gasteiger partial charge in [0.1, 0.15) is 0 Å². The van der Waals surface area contributed by atoms with E-state index in [1.54, 1.807) is 0 Å². The molecule has 1 amide bonds. The first-order valence-corrected chi connectivity index (χ1v) is 6.75. The number of hydrogen-bond acceptors (Lipinski definition) is 1. The molecule has 0 aliphatic rings. The van der Waals surface area contributed by atoms with Crippen molar-refractivity contribution in [1.29, 1.82) is 0 Å². The predicted octanol–water partition coefficient (Wildman–Crippen LogP) is 3.71. The Labute approximate surface area is 101 Å². The molecule has 0 radical (unpaired) electrons. The van der Waals surface area contributed by atoms with E-state index < -0.39 is 0 Å². The number of rotatable bonds is 8. The van der Waals surface area contributed by atoms with Crippen LogP contribution >= 0.6 is 0 Å². The maximum atomic E-state index is 12.0. The lowest BCUT2D eigenvalue weighted by molar-refractivity contribution is -0.132. The summed E-state index contributed by atoms with van der Waals surface area (Å²) in [6.07, 6.45) is 4.12. The zero-order valence-electron chi connectivity index (χ0n) is 11.8. The number of amides is 1. The summed E-state index contributed by atoms with van der Waals surface area (Å²) in [6, 6.07) is 0. The van der Waals surface area contributed by atoms with E-state index >= 15 is 0 Å². The van der Waals surface area contributed by atoms with E-state index in [4.69, 9.17) is 0 Å². The van der Waals surface area contributed by atoms with Crippen LogP contribution in [0.2, 0.25) is 0 Å². The lowest BCUT2D eigenvalue weighted by atomic mass is 10.1. The van der Waals surface area contributed by atoms with Crippen LogP contribution in [0.1, 0.15) is 60.3 Å². The highest BCUT2D eigenvalue weighted by Gasteiger charge is 2.15. The van der Waals surface area contributed by atoms with Crippen LogP contribution in [0.3, 0.4) is 0 Å². The normalized spacial score (nSPS) is 11.2. The largest absolute Gasteiger partial charge is 0.342 e. The maximum absolute atomic E-state index is 12.0. The molecule has 0 aromatic rings. The third kappa shape index (κ3) is 7.72. The van der Waals surface area contributed by atoms with Crippen LogP contribution in [0.5, 0.6) is 0 Å². The lowest BCUT2D eigenvalue weighted by Crippen LogP contribution is -2.36. The molecule has 0 fully saturated rings. The monoisotopic (exact) mass is 227 g/mol. The molecule has 0 aromatic heterocycles. The molecule has 0 unspecified atom stereocenters. The van der Waals surface area contributed by atoms with Gasteiger partial charge >= 0.3 is 0 Å². The van der Waals surface area contributed by atoms with E-state index in [2.05, 4.69) is 34.6 Å². The van der Waals surface area contributed by atoms with E-state index in [1.165, 1.54) is 12.8 Å². The summed E-state index contributed by atoms with van der Waals surface area (Å²) in [5.74, 6) is 1.47. The average molecular weight is 227 g/mol. The number of unbranched alkanes of at least 4 members (excludes halogenated alkanes) is 2. The standard InChI is InChI=1S/C14H29NO/c1-6-7-8-9-14(16)15(10-12(2)3)11-13(4)5/h12-13H,6-11H2,1-5H3. The van der Waals surface area contributed by atoms with Gasteiger partial charge in [-0.05, 0) is 18.3 Å². The highest BCUT2D eigenvalue weighted by Crippen LogP contribution is 2.08. The van der Waals surface area contributed by atoms with Crippen LogP contribution in [-0.2, 0) is 4.79 Å². The minimum atomic E-state index is 0.343. The van der Waals surface area contributed by atoms with Crippen LogP contribution < -0.4 is 0 Å². The lowest BCUT2D eigenvalue weighted by Gasteiger charge is -2.26. The molecule has 0 heterocycles. The van der Waals surface area contributed by atoms with Crippen LogP contribution in [0.15, 0.2) is 0 Å².